The van der Waals surface area contributed by atoms with Crippen LogP contribution in [0.2, 0.25) is 5.02 Å². The van der Waals surface area contributed by atoms with E-state index in [1.165, 1.54) is 12.3 Å². The number of carboxylic acid groups (broad SMARTS) is 1. The number of carboxylic acids is 1. The summed E-state index contributed by atoms with van der Waals surface area (Å²) >= 11 is 7.37. The van der Waals surface area contributed by atoms with Gasteiger partial charge in [-0.1, -0.05) is 34.8 Å². The van der Waals surface area contributed by atoms with Crippen molar-refractivity contribution in [2.24, 2.45) is 11.8 Å². The van der Waals surface area contributed by atoms with Gasteiger partial charge in [0.05, 0.1) is 29.1 Å². The molecule has 3 heterocycles. The molecule has 0 spiro atoms. The first kappa shape index (κ1) is 26.3. The minimum absolute atomic E-state index is 0.0256. The van der Waals surface area contributed by atoms with Gasteiger partial charge in [0.25, 0.3) is 0 Å². The molecule has 2 aromatic heterocycles. The van der Waals surface area contributed by atoms with Crippen molar-refractivity contribution in [1.82, 2.24) is 9.88 Å². The van der Waals surface area contributed by atoms with Crippen LogP contribution in [0.3, 0.4) is 0 Å². The summed E-state index contributed by atoms with van der Waals surface area (Å²) in [5.74, 6) is 5.73. The summed E-state index contributed by atoms with van der Waals surface area (Å²) in [6, 6.07) is 8.33. The van der Waals surface area contributed by atoms with E-state index in [-0.39, 0.29) is 34.8 Å². The van der Waals surface area contributed by atoms with E-state index in [0.717, 1.165) is 24.3 Å². The monoisotopic (exact) mass is 532 g/mol. The smallest absolute Gasteiger partial charge is 0.303 e. The second kappa shape index (κ2) is 12.0. The number of thiophene rings is 1. The quantitative estimate of drug-likeness (QED) is 0.342. The normalized spacial score (nSPS) is 19.0. The third-order valence-corrected chi connectivity index (χ3v) is 7.76. The van der Waals surface area contributed by atoms with Gasteiger partial charge in [-0.05, 0) is 68.0 Å². The van der Waals surface area contributed by atoms with Gasteiger partial charge in [0.2, 0.25) is 0 Å². The van der Waals surface area contributed by atoms with E-state index in [9.17, 15) is 14.3 Å². The number of hydrogen-bond donors (Lipinski definition) is 1. The lowest BCUT2D eigenvalue weighted by Crippen LogP contribution is -2.41. The minimum atomic E-state index is -1.31. The van der Waals surface area contributed by atoms with Gasteiger partial charge in [0.15, 0.2) is 5.13 Å². The number of carbonyl (C=O) groups is 1. The maximum absolute atomic E-state index is 15.6. The highest BCUT2D eigenvalue weighted by Gasteiger charge is 2.31. The molecule has 3 unspecified atom stereocenters. The summed E-state index contributed by atoms with van der Waals surface area (Å²) in [4.78, 5) is 18.6. The highest BCUT2D eigenvalue weighted by molar-refractivity contribution is 7.10. The number of rotatable bonds is 8. The van der Waals surface area contributed by atoms with Gasteiger partial charge in [-0.25, -0.2) is 4.39 Å². The standard InChI is InChI=1S/C27H27ClF2N2O3S/c1-35-19-5-8-24-21(14-19)27(22(28)15-31-24)23(29)7-4-17-10-12-32(16-18(17)13-26(33)34)11-2-3-20-6-9-25(30)36-20/h5-6,8-9,14-15,17-18,23H,4,7,10-13,16H2,1H3,(H,33,34). The molecule has 1 saturated heterocycles. The molecule has 1 fully saturated rings. The third-order valence-electron chi connectivity index (χ3n) is 6.67. The number of aliphatic carboxylic acids is 1. The summed E-state index contributed by atoms with van der Waals surface area (Å²) < 4.78 is 34.0. The van der Waals surface area contributed by atoms with Gasteiger partial charge in [-0.2, -0.15) is 4.39 Å². The van der Waals surface area contributed by atoms with Crippen molar-refractivity contribution >= 4 is 39.8 Å². The summed E-state index contributed by atoms with van der Waals surface area (Å²) in [5, 5.41) is 10.1. The summed E-state index contributed by atoms with van der Waals surface area (Å²) in [7, 11) is 1.55. The zero-order chi connectivity index (χ0) is 25.7. The first-order valence-electron chi connectivity index (χ1n) is 11.8. The molecule has 1 aliphatic heterocycles. The van der Waals surface area contributed by atoms with Crippen LogP contribution in [-0.4, -0.2) is 47.7 Å². The molecule has 36 heavy (non-hydrogen) atoms. The average Bonchev–Trinajstić information content (AvgIpc) is 3.27. The molecule has 190 valence electrons. The van der Waals surface area contributed by atoms with E-state index in [2.05, 4.69) is 21.7 Å². The van der Waals surface area contributed by atoms with Crippen molar-refractivity contribution in [2.75, 3.05) is 26.7 Å². The van der Waals surface area contributed by atoms with Gasteiger partial charge < -0.3 is 9.84 Å². The number of fused-ring (bicyclic) bond motifs is 1. The van der Waals surface area contributed by atoms with Gasteiger partial charge >= 0.3 is 5.97 Å². The zero-order valence-electron chi connectivity index (χ0n) is 19.8. The molecular formula is C27H27ClF2N2O3S. The molecule has 1 aromatic carbocycles. The topological polar surface area (TPSA) is 62.7 Å². The molecule has 0 bridgehead atoms. The van der Waals surface area contributed by atoms with Crippen LogP contribution in [0, 0.1) is 28.8 Å². The van der Waals surface area contributed by atoms with Crippen molar-refractivity contribution in [3.05, 3.63) is 57.1 Å². The van der Waals surface area contributed by atoms with E-state index in [1.807, 2.05) is 0 Å². The first-order chi connectivity index (χ1) is 17.3. The second-order valence-corrected chi connectivity index (χ2v) is 10.4. The fraction of sp³-hybridized carbons (Fsp3) is 0.407. The summed E-state index contributed by atoms with van der Waals surface area (Å²) in [6.45, 7) is 1.81. The number of nitrogens with zero attached hydrogens (tertiary/aromatic N) is 2. The molecule has 1 aliphatic rings. The molecule has 5 nitrogen and oxygen atoms in total. The summed E-state index contributed by atoms with van der Waals surface area (Å²) in [6.07, 6.45) is 1.74. The number of ether oxygens (including phenoxy) is 1. The lowest BCUT2D eigenvalue weighted by molar-refractivity contribution is -0.139. The minimum Gasteiger partial charge on any atom is -0.497 e. The number of hydrogen-bond acceptors (Lipinski definition) is 5. The number of benzene rings is 1. The Hall–Kier alpha value is -2.73. The highest BCUT2D eigenvalue weighted by Crippen LogP contribution is 2.39. The molecule has 1 N–H and O–H groups in total. The van der Waals surface area contributed by atoms with E-state index in [1.54, 1.807) is 31.4 Å². The highest BCUT2D eigenvalue weighted by atomic mass is 35.5. The fourth-order valence-corrected chi connectivity index (χ4v) is 5.75. The molecular weight excluding hydrogens is 506 g/mol. The molecule has 0 saturated carbocycles. The molecule has 0 amide bonds. The Labute approximate surface area is 218 Å². The molecule has 0 radical (unpaired) electrons. The van der Waals surface area contributed by atoms with Gasteiger partial charge in [-0.3, -0.25) is 14.7 Å². The number of methoxy groups -OCH3 is 1. The number of pyridine rings is 1. The summed E-state index contributed by atoms with van der Waals surface area (Å²) in [5.41, 5.74) is 1.04. The van der Waals surface area contributed by atoms with Crippen LogP contribution in [-0.2, 0) is 4.79 Å². The van der Waals surface area contributed by atoms with E-state index >= 15 is 4.39 Å². The SMILES string of the molecule is COc1ccc2ncc(Cl)c(C(F)CCC3CCN(CC#Cc4ccc(F)s4)CC3CC(=O)O)c2c1. The van der Waals surface area contributed by atoms with Crippen molar-refractivity contribution in [3.8, 4) is 17.6 Å². The molecule has 3 atom stereocenters. The number of alkyl halides is 1. The first-order valence-corrected chi connectivity index (χ1v) is 13.0. The van der Waals surface area contributed by atoms with Crippen LogP contribution < -0.4 is 4.74 Å². The Morgan fingerprint density at radius 1 is 1.36 bits per heavy atom. The predicted molar refractivity (Wildman–Crippen MR) is 138 cm³/mol. The maximum Gasteiger partial charge on any atom is 0.303 e. The van der Waals surface area contributed by atoms with Crippen LogP contribution in [0.15, 0.2) is 36.5 Å². The Morgan fingerprint density at radius 3 is 2.92 bits per heavy atom. The van der Waals surface area contributed by atoms with Crippen molar-refractivity contribution in [2.45, 2.75) is 31.9 Å². The number of halogens is 3. The van der Waals surface area contributed by atoms with Crippen LogP contribution in [0.25, 0.3) is 10.9 Å². The molecule has 4 rings (SSSR count). The molecule has 3 aromatic rings. The maximum atomic E-state index is 15.6. The molecule has 0 aliphatic carbocycles. The fourth-order valence-electron chi connectivity index (χ4n) is 4.87. The largest absolute Gasteiger partial charge is 0.497 e. The second-order valence-electron chi connectivity index (χ2n) is 9.00. The Balaban J connectivity index is 1.42. The number of aromatic nitrogens is 1. The van der Waals surface area contributed by atoms with Crippen LogP contribution in [0.5, 0.6) is 5.75 Å². The van der Waals surface area contributed by atoms with Gasteiger partial charge in [0.1, 0.15) is 11.9 Å². The van der Waals surface area contributed by atoms with Gasteiger partial charge in [0, 0.05) is 30.1 Å². The number of likely N-dealkylation sites (tertiary alicyclic amines) is 1. The third kappa shape index (κ3) is 6.52. The van der Waals surface area contributed by atoms with Crippen molar-refractivity contribution in [1.29, 1.82) is 0 Å². The Bertz CT molecular complexity index is 1290. The van der Waals surface area contributed by atoms with Crippen molar-refractivity contribution in [3.63, 3.8) is 0 Å². The van der Waals surface area contributed by atoms with Crippen LogP contribution >= 0.6 is 22.9 Å². The molecule has 9 heteroatoms. The predicted octanol–water partition coefficient (Wildman–Crippen LogP) is 6.35. The lowest BCUT2D eigenvalue weighted by Gasteiger charge is -2.37. The average molecular weight is 533 g/mol. The van der Waals surface area contributed by atoms with Gasteiger partial charge in [-0.15, -0.1) is 0 Å². The van der Waals surface area contributed by atoms with Crippen molar-refractivity contribution < 1.29 is 23.4 Å². The van der Waals surface area contributed by atoms with E-state index < -0.39 is 12.1 Å². The zero-order valence-corrected chi connectivity index (χ0v) is 21.4. The Kier molecular flexibility index (Phi) is 8.78. The van der Waals surface area contributed by atoms with Crippen LogP contribution in [0.4, 0.5) is 8.78 Å². The van der Waals surface area contributed by atoms with E-state index in [0.29, 0.717) is 46.6 Å². The number of piperidine rings is 1. The van der Waals surface area contributed by atoms with Crippen LogP contribution in [0.1, 0.15) is 42.3 Å². The Morgan fingerprint density at radius 2 is 2.19 bits per heavy atom. The van der Waals surface area contributed by atoms with E-state index in [4.69, 9.17) is 16.3 Å². The lowest BCUT2D eigenvalue weighted by atomic mass is 9.79.